The summed E-state index contributed by atoms with van der Waals surface area (Å²) in [4.78, 5) is 20.7. The number of aliphatic hydroxyl groups is 1. The van der Waals surface area contributed by atoms with Gasteiger partial charge in [0.2, 0.25) is 5.91 Å². The van der Waals surface area contributed by atoms with Crippen LogP contribution in [0.1, 0.15) is 20.8 Å². The van der Waals surface area contributed by atoms with Gasteiger partial charge in [-0.3, -0.25) is 14.8 Å². The monoisotopic (exact) mass is 432 g/mol. The maximum atomic E-state index is 11.9. The second kappa shape index (κ2) is 9.28. The Balaban J connectivity index is 0.00000312. The first kappa shape index (κ1) is 21.6. The highest BCUT2D eigenvalue weighted by molar-refractivity contribution is 9.10. The number of nitrogens with one attached hydrogen (secondary N) is 2. The lowest BCUT2D eigenvalue weighted by molar-refractivity contribution is -0.120. The molecule has 0 atom stereocenters. The first-order valence-electron chi connectivity index (χ1n) is 7.58. The Hall–Kier alpha value is -1.48. The summed E-state index contributed by atoms with van der Waals surface area (Å²) in [6.45, 7) is 5.93. The van der Waals surface area contributed by atoms with Crippen LogP contribution in [0.2, 0.25) is 0 Å². The van der Waals surface area contributed by atoms with Gasteiger partial charge in [0, 0.05) is 23.8 Å². The van der Waals surface area contributed by atoms with E-state index in [1.807, 2.05) is 13.0 Å². The van der Waals surface area contributed by atoms with Crippen LogP contribution in [0, 0.1) is 0 Å². The molecule has 1 amide bonds. The van der Waals surface area contributed by atoms with Gasteiger partial charge in [-0.2, -0.15) is 0 Å². The van der Waals surface area contributed by atoms with Crippen molar-refractivity contribution < 1.29 is 14.6 Å². The molecule has 2 rings (SSSR count). The van der Waals surface area contributed by atoms with Crippen LogP contribution in [-0.2, 0) is 9.53 Å². The van der Waals surface area contributed by atoms with Gasteiger partial charge in [0.25, 0.3) is 0 Å². The number of nitrogens with zero attached hydrogens (tertiary/aromatic N) is 2. The van der Waals surface area contributed by atoms with Gasteiger partial charge in [0.15, 0.2) is 0 Å². The van der Waals surface area contributed by atoms with Gasteiger partial charge in [-0.05, 0) is 42.8 Å². The zero-order valence-electron chi connectivity index (χ0n) is 14.3. The number of fused-ring (bicyclic) bond motifs is 1. The van der Waals surface area contributed by atoms with Gasteiger partial charge in [-0.1, -0.05) is 0 Å². The lowest BCUT2D eigenvalue weighted by Crippen LogP contribution is -2.30. The van der Waals surface area contributed by atoms with E-state index in [2.05, 4.69) is 36.5 Å². The van der Waals surface area contributed by atoms with Crippen LogP contribution >= 0.6 is 28.3 Å². The third kappa shape index (κ3) is 6.39. The largest absolute Gasteiger partial charge is 0.389 e. The highest BCUT2D eigenvalue weighted by atomic mass is 79.9. The Kier molecular flexibility index (Phi) is 8.01. The SMILES string of the molecule is CCOCC(=O)Nc1cnc2cc(Br)cnc2c1NCC(C)(C)O.Cl. The van der Waals surface area contributed by atoms with E-state index in [0.29, 0.717) is 29.0 Å². The molecule has 0 spiro atoms. The van der Waals surface area contributed by atoms with Gasteiger partial charge in [0.1, 0.15) is 12.1 Å². The Morgan fingerprint density at radius 1 is 1.36 bits per heavy atom. The molecule has 0 radical (unpaired) electrons. The van der Waals surface area contributed by atoms with E-state index in [0.717, 1.165) is 4.47 Å². The molecular weight excluding hydrogens is 412 g/mol. The smallest absolute Gasteiger partial charge is 0.250 e. The van der Waals surface area contributed by atoms with Gasteiger partial charge in [-0.15, -0.1) is 12.4 Å². The average molecular weight is 434 g/mol. The van der Waals surface area contributed by atoms with Crippen LogP contribution in [0.5, 0.6) is 0 Å². The van der Waals surface area contributed by atoms with Crippen molar-refractivity contribution in [2.75, 3.05) is 30.4 Å². The standard InChI is InChI=1S/C16H21BrN4O3.ClH/c1-4-24-8-13(22)21-12-7-18-11-5-10(17)6-19-14(11)15(12)20-9-16(2,3)23;/h5-7,23H,4,8-9H2,1-3H3,(H,18,20)(H,21,22);1H. The maximum Gasteiger partial charge on any atom is 0.250 e. The number of pyridine rings is 2. The number of halogens is 2. The molecule has 0 fully saturated rings. The topological polar surface area (TPSA) is 96.4 Å². The lowest BCUT2D eigenvalue weighted by Gasteiger charge is -2.21. The van der Waals surface area contributed by atoms with Crippen LogP contribution in [-0.4, -0.2) is 46.3 Å². The minimum absolute atomic E-state index is 0. The van der Waals surface area contributed by atoms with Crippen LogP contribution in [0.25, 0.3) is 11.0 Å². The fourth-order valence-electron chi connectivity index (χ4n) is 2.01. The minimum atomic E-state index is -0.919. The van der Waals surface area contributed by atoms with E-state index >= 15 is 0 Å². The minimum Gasteiger partial charge on any atom is -0.389 e. The third-order valence-corrected chi connectivity index (χ3v) is 3.52. The molecule has 0 aliphatic heterocycles. The van der Waals surface area contributed by atoms with Crippen molar-refractivity contribution in [2.45, 2.75) is 26.4 Å². The van der Waals surface area contributed by atoms with E-state index in [-0.39, 0.29) is 31.5 Å². The van der Waals surface area contributed by atoms with Gasteiger partial charge < -0.3 is 20.5 Å². The zero-order chi connectivity index (χ0) is 17.7. The van der Waals surface area contributed by atoms with Crippen molar-refractivity contribution in [3.63, 3.8) is 0 Å². The molecule has 0 aromatic carbocycles. The summed E-state index contributed by atoms with van der Waals surface area (Å²) in [6.07, 6.45) is 3.22. The molecule has 2 heterocycles. The van der Waals surface area contributed by atoms with Gasteiger partial charge in [0.05, 0.1) is 28.7 Å². The van der Waals surface area contributed by atoms with Crippen LogP contribution < -0.4 is 10.6 Å². The normalized spacial score (nSPS) is 11.1. The number of carbonyl (C=O) groups is 1. The number of hydrogen-bond donors (Lipinski definition) is 3. The predicted molar refractivity (Wildman–Crippen MR) is 104 cm³/mol. The van der Waals surface area contributed by atoms with Crippen molar-refractivity contribution in [2.24, 2.45) is 0 Å². The molecule has 7 nitrogen and oxygen atoms in total. The van der Waals surface area contributed by atoms with Gasteiger partial charge >= 0.3 is 0 Å². The average Bonchev–Trinajstić information content (AvgIpc) is 2.50. The number of carbonyl (C=O) groups excluding carboxylic acids is 1. The van der Waals surface area contributed by atoms with Crippen molar-refractivity contribution in [3.8, 4) is 0 Å². The van der Waals surface area contributed by atoms with Crippen LogP contribution in [0.15, 0.2) is 22.9 Å². The summed E-state index contributed by atoms with van der Waals surface area (Å²) >= 11 is 3.37. The molecule has 2 aromatic heterocycles. The van der Waals surface area contributed by atoms with E-state index < -0.39 is 5.60 Å². The second-order valence-electron chi connectivity index (χ2n) is 5.92. The molecular formula is C16H22BrClN4O3. The fourth-order valence-corrected chi connectivity index (χ4v) is 2.32. The first-order chi connectivity index (χ1) is 11.3. The molecule has 2 aromatic rings. The summed E-state index contributed by atoms with van der Waals surface area (Å²) in [7, 11) is 0. The third-order valence-electron chi connectivity index (χ3n) is 3.08. The van der Waals surface area contributed by atoms with Crippen molar-refractivity contribution in [3.05, 3.63) is 22.9 Å². The van der Waals surface area contributed by atoms with E-state index in [9.17, 15) is 9.90 Å². The molecule has 138 valence electrons. The van der Waals surface area contributed by atoms with Crippen LogP contribution in [0.3, 0.4) is 0 Å². The lowest BCUT2D eigenvalue weighted by atomic mass is 10.1. The molecule has 0 unspecified atom stereocenters. The van der Waals surface area contributed by atoms with E-state index in [1.165, 1.54) is 0 Å². The number of rotatable bonds is 7. The molecule has 0 saturated carbocycles. The number of aromatic nitrogens is 2. The summed E-state index contributed by atoms with van der Waals surface area (Å²) in [5, 5.41) is 15.9. The summed E-state index contributed by atoms with van der Waals surface area (Å²) in [5.74, 6) is -0.276. The van der Waals surface area contributed by atoms with Gasteiger partial charge in [-0.25, -0.2) is 0 Å². The Bertz CT molecular complexity index is 737. The Morgan fingerprint density at radius 3 is 2.72 bits per heavy atom. The van der Waals surface area contributed by atoms with Crippen molar-refractivity contribution in [1.82, 2.24) is 9.97 Å². The van der Waals surface area contributed by atoms with E-state index in [1.54, 1.807) is 26.2 Å². The number of ether oxygens (including phenoxy) is 1. The number of anilines is 2. The predicted octanol–water partition coefficient (Wildman–Crippen LogP) is 2.97. The molecule has 9 heteroatoms. The van der Waals surface area contributed by atoms with Crippen molar-refractivity contribution >= 4 is 56.7 Å². The van der Waals surface area contributed by atoms with Crippen LogP contribution in [0.4, 0.5) is 11.4 Å². The van der Waals surface area contributed by atoms with E-state index in [4.69, 9.17) is 4.74 Å². The summed E-state index contributed by atoms with van der Waals surface area (Å²) in [5.41, 5.74) is 1.46. The molecule has 0 saturated heterocycles. The zero-order valence-corrected chi connectivity index (χ0v) is 16.7. The van der Waals surface area contributed by atoms with Crippen molar-refractivity contribution in [1.29, 1.82) is 0 Å². The highest BCUT2D eigenvalue weighted by Gasteiger charge is 2.17. The summed E-state index contributed by atoms with van der Waals surface area (Å²) in [6, 6.07) is 1.84. The molecule has 0 bridgehead atoms. The first-order valence-corrected chi connectivity index (χ1v) is 8.37. The Labute approximate surface area is 161 Å². The Morgan fingerprint density at radius 2 is 2.08 bits per heavy atom. The number of amides is 1. The number of hydrogen-bond acceptors (Lipinski definition) is 6. The quantitative estimate of drug-likeness (QED) is 0.621. The summed E-state index contributed by atoms with van der Waals surface area (Å²) < 4.78 is 5.92. The molecule has 3 N–H and O–H groups in total. The highest BCUT2D eigenvalue weighted by Crippen LogP contribution is 2.30. The molecule has 0 aliphatic carbocycles. The fraction of sp³-hybridized carbons (Fsp3) is 0.438. The second-order valence-corrected chi connectivity index (χ2v) is 6.84. The molecule has 0 aliphatic rings. The maximum absolute atomic E-state index is 11.9. The molecule has 25 heavy (non-hydrogen) atoms.